The highest BCUT2D eigenvalue weighted by Crippen LogP contribution is 2.67. The van der Waals surface area contributed by atoms with Crippen LogP contribution in [0.2, 0.25) is 0 Å². The van der Waals surface area contributed by atoms with Gasteiger partial charge in [-0.2, -0.15) is 0 Å². The van der Waals surface area contributed by atoms with E-state index in [1.807, 2.05) is 6.92 Å². The first-order chi connectivity index (χ1) is 23.2. The highest BCUT2D eigenvalue weighted by Gasteiger charge is 2.68. The lowest BCUT2D eigenvalue weighted by atomic mass is 9.45. The number of Topliss-reactive ketones (excluding diaryl/α,β-unsaturated/α-hetero) is 1. The molecule has 0 aliphatic heterocycles. The second-order valence-electron chi connectivity index (χ2n) is 14.5. The third-order valence-electron chi connectivity index (χ3n) is 11.7. The molecule has 8 atom stereocenters. The quantitative estimate of drug-likeness (QED) is 0.0871. The fraction of sp³-hybridized carbons (Fsp3) is 0.657. The van der Waals surface area contributed by atoms with E-state index in [2.05, 4.69) is 11.8 Å². The molecule has 0 bridgehead atoms. The molecule has 0 unspecified atom stereocenters. The van der Waals surface area contributed by atoms with Crippen LogP contribution in [0.25, 0.3) is 0 Å². The molecular weight excluding hydrogens is 640 g/mol. The molecule has 49 heavy (non-hydrogen) atoms. The normalized spacial score (nSPS) is 32.7. The smallest absolute Gasteiger partial charge is 0.465 e. The van der Waals surface area contributed by atoms with E-state index < -0.39 is 47.7 Å². The number of aliphatic hydroxyl groups is 2. The number of nitrogens with two attached hydrogens (primary N) is 1. The van der Waals surface area contributed by atoms with Crippen molar-refractivity contribution in [1.29, 1.82) is 0 Å². The molecule has 4 aliphatic carbocycles. The molecule has 5 rings (SSSR count). The van der Waals surface area contributed by atoms with Crippen molar-refractivity contribution in [3.8, 4) is 5.75 Å². The first-order valence-electron chi connectivity index (χ1n) is 17.0. The lowest BCUT2D eigenvalue weighted by Gasteiger charge is -2.60. The average Bonchev–Trinajstić information content (AvgIpc) is 3.32. The number of carbonyl (C=O) groups is 4. The van der Waals surface area contributed by atoms with Gasteiger partial charge in [0.25, 0.3) is 0 Å². The summed E-state index contributed by atoms with van der Waals surface area (Å²) >= 11 is 0. The van der Waals surface area contributed by atoms with Gasteiger partial charge in [0, 0.05) is 11.8 Å². The van der Waals surface area contributed by atoms with Crippen molar-refractivity contribution in [3.05, 3.63) is 41.5 Å². The van der Waals surface area contributed by atoms with Crippen molar-refractivity contribution >= 4 is 23.7 Å². The maximum absolute atomic E-state index is 13.5. The second kappa shape index (κ2) is 14.9. The van der Waals surface area contributed by atoms with Gasteiger partial charge in [0.15, 0.2) is 12.4 Å². The molecule has 1 aromatic rings. The Kier molecular flexibility index (Phi) is 11.3. The Hall–Kier alpha value is -3.24. The fourth-order valence-corrected chi connectivity index (χ4v) is 9.18. The third kappa shape index (κ3) is 7.60. The van der Waals surface area contributed by atoms with E-state index in [0.29, 0.717) is 37.7 Å². The number of rotatable bonds is 13. The number of ether oxygens (including phenoxy) is 3. The molecule has 0 amide bonds. The minimum Gasteiger partial charge on any atom is -0.465 e. The van der Waals surface area contributed by atoms with Gasteiger partial charge in [-0.3, -0.25) is 29.6 Å². The van der Waals surface area contributed by atoms with Crippen LogP contribution in [0.15, 0.2) is 35.9 Å². The summed E-state index contributed by atoms with van der Waals surface area (Å²) in [6.45, 7) is 3.46. The van der Waals surface area contributed by atoms with Crippen LogP contribution >= 0.6 is 0 Å². The molecule has 14 nitrogen and oxygen atoms in total. The minimum absolute atomic E-state index is 0.00173. The van der Waals surface area contributed by atoms with E-state index in [-0.39, 0.29) is 72.6 Å². The molecule has 14 heteroatoms. The summed E-state index contributed by atoms with van der Waals surface area (Å²) in [7, 11) is 0. The Bertz CT molecular complexity index is 1430. The number of aliphatic hydroxyl groups excluding tert-OH is 1. The molecule has 6 N–H and O–H groups in total. The van der Waals surface area contributed by atoms with Crippen molar-refractivity contribution in [2.45, 2.75) is 95.8 Å². The van der Waals surface area contributed by atoms with Gasteiger partial charge in [-0.25, -0.2) is 4.79 Å². The lowest BCUT2D eigenvalue weighted by Crippen LogP contribution is -2.62. The zero-order valence-corrected chi connectivity index (χ0v) is 28.0. The Morgan fingerprint density at radius 1 is 1.02 bits per heavy atom. The lowest BCUT2D eigenvalue weighted by molar-refractivity contribution is -0.492. The van der Waals surface area contributed by atoms with Crippen LogP contribution in [0.4, 0.5) is 4.79 Å². The Labute approximate surface area is 285 Å². The van der Waals surface area contributed by atoms with Gasteiger partial charge >= 0.3 is 12.1 Å². The maximum Gasteiger partial charge on any atom is 0.514 e. The number of esters is 1. The largest absolute Gasteiger partial charge is 0.514 e. The number of hydrogen-bond acceptors (Lipinski definition) is 14. The third-order valence-corrected chi connectivity index (χ3v) is 11.7. The van der Waals surface area contributed by atoms with Gasteiger partial charge in [-0.15, -0.1) is 0 Å². The molecule has 1 aromatic carbocycles. The fourth-order valence-electron chi connectivity index (χ4n) is 9.18. The molecule has 0 spiro atoms. The van der Waals surface area contributed by atoms with Gasteiger partial charge in [0.2, 0.25) is 5.78 Å². The van der Waals surface area contributed by atoms with Gasteiger partial charge in [-0.05, 0) is 105 Å². The van der Waals surface area contributed by atoms with Crippen LogP contribution in [-0.2, 0) is 35.1 Å². The first-order valence-corrected chi connectivity index (χ1v) is 17.0. The number of benzene rings is 1. The summed E-state index contributed by atoms with van der Waals surface area (Å²) < 4.78 is 15.5. The molecule has 270 valence electrons. The highest BCUT2D eigenvalue weighted by molar-refractivity contribution is 5.92. The van der Waals surface area contributed by atoms with E-state index in [1.165, 1.54) is 12.1 Å². The SMILES string of the molecule is C[C@]12CCC(=O)C=C1CC[C@@H]1[C@@H]2[C@@H](O)C[C@@]2(C)[C@H]1CC[C@]2(O)C(=O)COC(=O)Oc1ccc(C[C@H](N)C(=O)OCCCCON(O)O)cc1. The van der Waals surface area contributed by atoms with Crippen molar-refractivity contribution in [2.75, 3.05) is 19.8 Å². The summed E-state index contributed by atoms with van der Waals surface area (Å²) in [4.78, 5) is 54.8. The van der Waals surface area contributed by atoms with Gasteiger partial charge in [0.05, 0.1) is 24.7 Å². The molecule has 0 radical (unpaired) electrons. The second-order valence-corrected chi connectivity index (χ2v) is 14.5. The van der Waals surface area contributed by atoms with Crippen molar-refractivity contribution < 1.29 is 58.9 Å². The summed E-state index contributed by atoms with van der Waals surface area (Å²) in [5.41, 5.74) is 4.78. The number of fused-ring (bicyclic) bond motifs is 5. The highest BCUT2D eigenvalue weighted by atomic mass is 17.1. The van der Waals surface area contributed by atoms with Gasteiger partial charge in [0.1, 0.15) is 17.4 Å². The van der Waals surface area contributed by atoms with Crippen molar-refractivity contribution in [3.63, 3.8) is 0 Å². The van der Waals surface area contributed by atoms with Crippen molar-refractivity contribution in [2.24, 2.45) is 34.3 Å². The molecule has 3 saturated carbocycles. The van der Waals surface area contributed by atoms with Gasteiger partial charge in [-0.1, -0.05) is 31.6 Å². The predicted octanol–water partition coefficient (Wildman–Crippen LogP) is 3.21. The van der Waals surface area contributed by atoms with E-state index in [1.54, 1.807) is 18.2 Å². The number of hydrogen-bond donors (Lipinski definition) is 5. The Morgan fingerprint density at radius 3 is 2.45 bits per heavy atom. The molecular formula is C35H48N2O12. The number of allylic oxidation sites excluding steroid dienone is 1. The van der Waals surface area contributed by atoms with E-state index in [9.17, 15) is 29.4 Å². The minimum atomic E-state index is -1.78. The van der Waals surface area contributed by atoms with Crippen molar-refractivity contribution in [1.82, 2.24) is 5.39 Å². The van der Waals surface area contributed by atoms with Crippen LogP contribution in [0.5, 0.6) is 5.75 Å². The zero-order chi connectivity index (χ0) is 35.6. The Balaban J connectivity index is 1.10. The number of ketones is 2. The van der Waals surface area contributed by atoms with Crippen LogP contribution in [0.3, 0.4) is 0 Å². The molecule has 0 saturated heterocycles. The number of carbonyl (C=O) groups excluding carboxylic acids is 4. The standard InChI is InChI=1S/C35H48N2O12/c1-33-13-11-23(38)18-22(33)7-10-25-26-12-14-35(43,34(26,2)19-28(39)30(25)33)29(40)20-47-32(42)49-24-8-5-21(6-9-24)17-27(36)31(41)46-15-3-4-16-48-37(44)45/h5-6,8-9,18,25-28,30,39,43-45H,3-4,7,10-17,19-20,36H2,1-2H3/t25-,26-,27-,28-,30+,33-,34-,35-/m0/s1. The van der Waals surface area contributed by atoms with E-state index >= 15 is 0 Å². The molecule has 0 aromatic heterocycles. The zero-order valence-electron chi connectivity index (χ0n) is 28.0. The van der Waals surface area contributed by atoms with Crippen LogP contribution in [0, 0.1) is 28.6 Å². The predicted molar refractivity (Wildman–Crippen MR) is 170 cm³/mol. The summed E-state index contributed by atoms with van der Waals surface area (Å²) in [6, 6.07) is 5.29. The number of unbranched alkanes of at least 4 members (excludes halogenated alkanes) is 1. The Morgan fingerprint density at radius 2 is 1.73 bits per heavy atom. The van der Waals surface area contributed by atoms with E-state index in [0.717, 1.165) is 18.4 Å². The molecule has 4 aliphatic rings. The summed E-state index contributed by atoms with van der Waals surface area (Å²) in [5, 5.41) is 40.0. The topological polar surface area (TPSA) is 215 Å². The van der Waals surface area contributed by atoms with E-state index in [4.69, 9.17) is 30.4 Å². The van der Waals surface area contributed by atoms with Crippen LogP contribution in [0.1, 0.15) is 77.2 Å². The maximum atomic E-state index is 13.5. The summed E-state index contributed by atoms with van der Waals surface area (Å²) in [6.07, 6.45) is 4.69. The summed E-state index contributed by atoms with van der Waals surface area (Å²) in [5.74, 6) is -0.915. The molecule has 0 heterocycles. The van der Waals surface area contributed by atoms with Crippen LogP contribution in [-0.4, -0.2) is 87.3 Å². The number of nitrogens with zero attached hydrogens (tertiary/aromatic N) is 1. The average molecular weight is 689 g/mol. The van der Waals surface area contributed by atoms with Gasteiger partial charge < -0.3 is 30.2 Å². The monoisotopic (exact) mass is 688 g/mol. The van der Waals surface area contributed by atoms with Crippen LogP contribution < -0.4 is 10.5 Å². The first kappa shape index (κ1) is 37.0. The molecule has 3 fully saturated rings.